The number of fused-ring (bicyclic) bond motifs is 1. The lowest BCUT2D eigenvalue weighted by molar-refractivity contribution is 0.0994. The number of aromatic nitrogens is 5. The van der Waals surface area contributed by atoms with Gasteiger partial charge in [-0.2, -0.15) is 0 Å². The zero-order chi connectivity index (χ0) is 22.9. The summed E-state index contributed by atoms with van der Waals surface area (Å²) in [6, 6.07) is 15.4. The van der Waals surface area contributed by atoms with Crippen molar-refractivity contribution < 1.29 is 14.0 Å². The van der Waals surface area contributed by atoms with Gasteiger partial charge in [0.25, 0.3) is 11.8 Å². The molecular formula is C22H16ClN7O3. The van der Waals surface area contributed by atoms with Crippen molar-refractivity contribution in [3.8, 4) is 11.4 Å². The summed E-state index contributed by atoms with van der Waals surface area (Å²) in [6.45, 7) is 0. The Morgan fingerprint density at radius 2 is 1.94 bits per heavy atom. The van der Waals surface area contributed by atoms with E-state index in [0.29, 0.717) is 33.5 Å². The number of nitrogens with one attached hydrogen (secondary N) is 3. The molecule has 3 heterocycles. The van der Waals surface area contributed by atoms with Crippen LogP contribution in [0.25, 0.3) is 22.3 Å². The highest BCUT2D eigenvalue weighted by molar-refractivity contribution is 6.31. The van der Waals surface area contributed by atoms with E-state index in [1.807, 2.05) is 6.07 Å². The fourth-order valence-electron chi connectivity index (χ4n) is 3.51. The van der Waals surface area contributed by atoms with Gasteiger partial charge in [0, 0.05) is 28.7 Å². The van der Waals surface area contributed by atoms with E-state index in [1.54, 1.807) is 60.1 Å². The second-order valence-corrected chi connectivity index (χ2v) is 7.62. The molecule has 3 N–H and O–H groups in total. The molecule has 0 radical (unpaired) electrons. The molecule has 0 unspecified atom stereocenters. The standard InChI is InChI=1S/C22H16ClN7O3/c1-30-17-11-14(24-22(32)19-3-2-8-33-19)6-4-12(17)9-18(30)21(31)25-16-7-5-13(23)10-15(16)20-26-28-29-27-20/h2-11H,1H3,(H,24,32)(H,25,31)(H,26,27,28,29). The zero-order valence-electron chi connectivity index (χ0n) is 17.2. The minimum absolute atomic E-state index is 0.211. The van der Waals surface area contributed by atoms with Crippen LogP contribution in [-0.2, 0) is 7.05 Å². The SMILES string of the molecule is Cn1c(C(=O)Nc2ccc(Cl)cc2-c2nnn[nH]2)cc2ccc(NC(=O)c3ccco3)cc21. The molecule has 3 aromatic heterocycles. The highest BCUT2D eigenvalue weighted by Crippen LogP contribution is 2.29. The molecule has 0 aliphatic heterocycles. The molecule has 0 bridgehead atoms. The van der Waals surface area contributed by atoms with Crippen molar-refractivity contribution in [2.24, 2.45) is 7.05 Å². The molecule has 5 aromatic rings. The number of hydrogen-bond acceptors (Lipinski definition) is 6. The van der Waals surface area contributed by atoms with Crippen molar-refractivity contribution in [1.82, 2.24) is 25.2 Å². The van der Waals surface area contributed by atoms with Gasteiger partial charge in [-0.25, -0.2) is 5.10 Å². The van der Waals surface area contributed by atoms with E-state index in [-0.39, 0.29) is 17.6 Å². The summed E-state index contributed by atoms with van der Waals surface area (Å²) in [5.74, 6) is -0.0980. The fraction of sp³-hybridized carbons (Fsp3) is 0.0455. The van der Waals surface area contributed by atoms with Gasteiger partial charge in [0.05, 0.1) is 17.5 Å². The summed E-state index contributed by atoms with van der Waals surface area (Å²) >= 11 is 6.11. The Hall–Kier alpha value is -4.44. The van der Waals surface area contributed by atoms with Gasteiger partial charge in [-0.15, -0.1) is 5.10 Å². The second-order valence-electron chi connectivity index (χ2n) is 7.19. The summed E-state index contributed by atoms with van der Waals surface area (Å²) in [7, 11) is 1.78. The van der Waals surface area contributed by atoms with Crippen LogP contribution in [0.2, 0.25) is 5.02 Å². The van der Waals surface area contributed by atoms with Crippen LogP contribution in [0.3, 0.4) is 0 Å². The number of anilines is 2. The van der Waals surface area contributed by atoms with Crippen molar-refractivity contribution in [3.05, 3.63) is 77.3 Å². The average molecular weight is 462 g/mol. The first kappa shape index (κ1) is 20.5. The number of rotatable bonds is 5. The van der Waals surface area contributed by atoms with E-state index in [0.717, 1.165) is 10.9 Å². The number of halogens is 1. The molecule has 164 valence electrons. The van der Waals surface area contributed by atoms with E-state index < -0.39 is 0 Å². The maximum atomic E-state index is 13.1. The fourth-order valence-corrected chi connectivity index (χ4v) is 3.68. The van der Waals surface area contributed by atoms with Gasteiger partial charge in [0.1, 0.15) is 5.69 Å². The number of benzene rings is 2. The molecule has 0 atom stereocenters. The number of furan rings is 1. The van der Waals surface area contributed by atoms with Gasteiger partial charge >= 0.3 is 0 Å². The molecule has 0 saturated carbocycles. The van der Waals surface area contributed by atoms with Crippen molar-refractivity contribution in [2.75, 3.05) is 10.6 Å². The van der Waals surface area contributed by atoms with Gasteiger partial charge in [-0.1, -0.05) is 17.7 Å². The van der Waals surface area contributed by atoms with Crippen LogP contribution in [-0.4, -0.2) is 37.0 Å². The summed E-state index contributed by atoms with van der Waals surface area (Å²) in [5.41, 5.74) is 2.83. The minimum atomic E-state index is -0.358. The minimum Gasteiger partial charge on any atom is -0.459 e. The van der Waals surface area contributed by atoms with Crippen molar-refractivity contribution in [1.29, 1.82) is 0 Å². The molecule has 10 nitrogen and oxygen atoms in total. The molecule has 0 spiro atoms. The van der Waals surface area contributed by atoms with Gasteiger partial charge in [-0.05, 0) is 59.0 Å². The van der Waals surface area contributed by atoms with Crippen molar-refractivity contribution >= 4 is 45.7 Å². The number of aryl methyl sites for hydroxylation is 1. The quantitative estimate of drug-likeness (QED) is 0.361. The first-order valence-corrected chi connectivity index (χ1v) is 10.2. The monoisotopic (exact) mass is 461 g/mol. The molecule has 2 amide bonds. The third kappa shape index (κ3) is 3.94. The van der Waals surface area contributed by atoms with E-state index in [9.17, 15) is 9.59 Å². The lowest BCUT2D eigenvalue weighted by Crippen LogP contribution is -2.16. The van der Waals surface area contributed by atoms with Crippen LogP contribution in [0.5, 0.6) is 0 Å². The van der Waals surface area contributed by atoms with E-state index in [1.165, 1.54) is 6.26 Å². The van der Waals surface area contributed by atoms with Crippen LogP contribution in [0, 0.1) is 0 Å². The summed E-state index contributed by atoms with van der Waals surface area (Å²) in [6.07, 6.45) is 1.44. The Labute approximate surface area is 191 Å². The highest BCUT2D eigenvalue weighted by Gasteiger charge is 2.18. The lowest BCUT2D eigenvalue weighted by Gasteiger charge is -2.10. The van der Waals surface area contributed by atoms with Gasteiger partial charge in [-0.3, -0.25) is 9.59 Å². The van der Waals surface area contributed by atoms with Crippen LogP contribution in [0.15, 0.2) is 65.3 Å². The summed E-state index contributed by atoms with van der Waals surface area (Å²) in [5, 5.41) is 20.7. The van der Waals surface area contributed by atoms with Gasteiger partial charge in [0.2, 0.25) is 0 Å². The second kappa shape index (κ2) is 8.24. The number of nitrogens with zero attached hydrogens (tertiary/aromatic N) is 4. The Morgan fingerprint density at radius 3 is 2.70 bits per heavy atom. The Bertz CT molecular complexity index is 1470. The maximum absolute atomic E-state index is 13.1. The Balaban J connectivity index is 1.43. The summed E-state index contributed by atoms with van der Waals surface area (Å²) < 4.78 is 6.87. The molecule has 0 saturated heterocycles. The van der Waals surface area contributed by atoms with Gasteiger partial charge in [0.15, 0.2) is 11.6 Å². The number of H-pyrrole nitrogens is 1. The molecule has 33 heavy (non-hydrogen) atoms. The van der Waals surface area contributed by atoms with Crippen LogP contribution in [0.1, 0.15) is 21.0 Å². The predicted octanol–water partition coefficient (Wildman–Crippen LogP) is 4.11. The van der Waals surface area contributed by atoms with Crippen molar-refractivity contribution in [3.63, 3.8) is 0 Å². The number of hydrogen-bond donors (Lipinski definition) is 3. The van der Waals surface area contributed by atoms with Gasteiger partial charge < -0.3 is 19.6 Å². The molecular weight excluding hydrogens is 446 g/mol. The Morgan fingerprint density at radius 1 is 1.06 bits per heavy atom. The maximum Gasteiger partial charge on any atom is 0.291 e. The smallest absolute Gasteiger partial charge is 0.291 e. The van der Waals surface area contributed by atoms with Crippen LogP contribution in [0.4, 0.5) is 11.4 Å². The van der Waals surface area contributed by atoms with Crippen molar-refractivity contribution in [2.45, 2.75) is 0 Å². The molecule has 11 heteroatoms. The normalized spacial score (nSPS) is 11.0. The first-order valence-electron chi connectivity index (χ1n) is 9.79. The Kier molecular flexibility index (Phi) is 5.11. The molecule has 0 aliphatic carbocycles. The van der Waals surface area contributed by atoms with E-state index in [2.05, 4.69) is 31.3 Å². The van der Waals surface area contributed by atoms with Crippen LogP contribution < -0.4 is 10.6 Å². The number of amides is 2. The average Bonchev–Trinajstić information content (AvgIpc) is 3.57. The molecule has 0 fully saturated rings. The summed E-state index contributed by atoms with van der Waals surface area (Å²) in [4.78, 5) is 25.4. The number of carbonyl (C=O) groups excluding carboxylic acids is 2. The third-order valence-electron chi connectivity index (χ3n) is 5.11. The highest BCUT2D eigenvalue weighted by atomic mass is 35.5. The lowest BCUT2D eigenvalue weighted by atomic mass is 10.1. The molecule has 2 aromatic carbocycles. The topological polar surface area (TPSA) is 131 Å². The molecule has 0 aliphatic rings. The largest absolute Gasteiger partial charge is 0.459 e. The predicted molar refractivity (Wildman–Crippen MR) is 122 cm³/mol. The number of aromatic amines is 1. The zero-order valence-corrected chi connectivity index (χ0v) is 17.9. The number of carbonyl (C=O) groups is 2. The molecule has 5 rings (SSSR count). The van der Waals surface area contributed by atoms with E-state index in [4.69, 9.17) is 16.0 Å². The first-order chi connectivity index (χ1) is 16.0. The third-order valence-corrected chi connectivity index (χ3v) is 5.35. The van der Waals surface area contributed by atoms with E-state index >= 15 is 0 Å². The van der Waals surface area contributed by atoms with Crippen LogP contribution >= 0.6 is 11.6 Å². The number of tetrazole rings is 1.